The van der Waals surface area contributed by atoms with E-state index < -0.39 is 0 Å². The third-order valence-corrected chi connectivity index (χ3v) is 2.89. The molecule has 0 aliphatic carbocycles. The van der Waals surface area contributed by atoms with Crippen molar-refractivity contribution in [1.29, 1.82) is 0 Å². The fourth-order valence-electron chi connectivity index (χ4n) is 1.34. The van der Waals surface area contributed by atoms with Crippen LogP contribution < -0.4 is 10.1 Å². The molecule has 0 saturated carbocycles. The number of benzene rings is 1. The first-order valence-corrected chi connectivity index (χ1v) is 6.11. The lowest BCUT2D eigenvalue weighted by Crippen LogP contribution is -2.06. The first-order chi connectivity index (χ1) is 8.17. The van der Waals surface area contributed by atoms with E-state index in [0.717, 1.165) is 28.9 Å². The zero-order valence-corrected chi connectivity index (χ0v) is 11.5. The summed E-state index contributed by atoms with van der Waals surface area (Å²) in [6.07, 6.45) is 1.18. The summed E-state index contributed by atoms with van der Waals surface area (Å²) >= 11 is 3.41. The Morgan fingerprint density at radius 1 is 1.41 bits per heavy atom. The summed E-state index contributed by atoms with van der Waals surface area (Å²) in [6.45, 7) is 0.730. The standard InChI is InChI=1S/C12H16BrNO3/c1-16-11-6-5-9(8-10(11)13)14-7-3-4-12(15)17-2/h5-6,8,14H,3-4,7H2,1-2H3. The van der Waals surface area contributed by atoms with Gasteiger partial charge in [0, 0.05) is 18.7 Å². The molecule has 0 bridgehead atoms. The van der Waals surface area contributed by atoms with Crippen molar-refractivity contribution < 1.29 is 14.3 Å². The van der Waals surface area contributed by atoms with E-state index in [4.69, 9.17) is 4.74 Å². The van der Waals surface area contributed by atoms with Crippen LogP contribution in [0.25, 0.3) is 0 Å². The van der Waals surface area contributed by atoms with Gasteiger partial charge >= 0.3 is 5.97 Å². The number of halogens is 1. The zero-order chi connectivity index (χ0) is 12.7. The number of rotatable bonds is 6. The molecular weight excluding hydrogens is 286 g/mol. The summed E-state index contributed by atoms with van der Waals surface area (Å²) in [5, 5.41) is 3.22. The zero-order valence-electron chi connectivity index (χ0n) is 9.96. The lowest BCUT2D eigenvalue weighted by Gasteiger charge is -2.08. The number of nitrogens with one attached hydrogen (secondary N) is 1. The smallest absolute Gasteiger partial charge is 0.305 e. The lowest BCUT2D eigenvalue weighted by atomic mass is 10.2. The van der Waals surface area contributed by atoms with Gasteiger partial charge in [-0.1, -0.05) is 0 Å². The largest absolute Gasteiger partial charge is 0.496 e. The van der Waals surface area contributed by atoms with Crippen LogP contribution in [-0.4, -0.2) is 26.7 Å². The maximum Gasteiger partial charge on any atom is 0.305 e. The Hall–Kier alpha value is -1.23. The quantitative estimate of drug-likeness (QED) is 0.648. The summed E-state index contributed by atoms with van der Waals surface area (Å²) in [5.41, 5.74) is 0.988. The molecule has 1 rings (SSSR count). The van der Waals surface area contributed by atoms with Crippen LogP contribution in [0.5, 0.6) is 5.75 Å². The fourth-order valence-corrected chi connectivity index (χ4v) is 1.88. The average molecular weight is 302 g/mol. The molecule has 0 radical (unpaired) electrons. The van der Waals surface area contributed by atoms with Gasteiger partial charge in [-0.15, -0.1) is 0 Å². The highest BCUT2D eigenvalue weighted by atomic mass is 79.9. The van der Waals surface area contributed by atoms with E-state index in [0.29, 0.717) is 6.42 Å². The van der Waals surface area contributed by atoms with Crippen LogP contribution in [0.15, 0.2) is 22.7 Å². The topological polar surface area (TPSA) is 47.6 Å². The third-order valence-electron chi connectivity index (χ3n) is 2.27. The first kappa shape index (κ1) is 13.8. The lowest BCUT2D eigenvalue weighted by molar-refractivity contribution is -0.140. The minimum absolute atomic E-state index is 0.178. The van der Waals surface area contributed by atoms with E-state index in [1.807, 2.05) is 18.2 Å². The second-order valence-electron chi connectivity index (χ2n) is 3.46. The van der Waals surface area contributed by atoms with Crippen LogP contribution in [0, 0.1) is 0 Å². The van der Waals surface area contributed by atoms with Crippen LogP contribution >= 0.6 is 15.9 Å². The van der Waals surface area contributed by atoms with Crippen molar-refractivity contribution in [3.05, 3.63) is 22.7 Å². The Morgan fingerprint density at radius 2 is 2.18 bits per heavy atom. The minimum Gasteiger partial charge on any atom is -0.496 e. The number of hydrogen-bond acceptors (Lipinski definition) is 4. The summed E-state index contributed by atoms with van der Waals surface area (Å²) in [6, 6.07) is 5.76. The summed E-state index contributed by atoms with van der Waals surface area (Å²) < 4.78 is 10.6. The van der Waals surface area contributed by atoms with Gasteiger partial charge in [0.15, 0.2) is 0 Å². The molecule has 94 valence electrons. The average Bonchev–Trinajstić information content (AvgIpc) is 2.34. The van der Waals surface area contributed by atoms with Gasteiger partial charge in [0.1, 0.15) is 5.75 Å². The first-order valence-electron chi connectivity index (χ1n) is 5.31. The van der Waals surface area contributed by atoms with E-state index in [2.05, 4.69) is 26.0 Å². The highest BCUT2D eigenvalue weighted by Crippen LogP contribution is 2.27. The maximum absolute atomic E-state index is 10.9. The van der Waals surface area contributed by atoms with Crippen molar-refractivity contribution in [2.75, 3.05) is 26.1 Å². The Morgan fingerprint density at radius 3 is 2.76 bits per heavy atom. The highest BCUT2D eigenvalue weighted by molar-refractivity contribution is 9.10. The van der Waals surface area contributed by atoms with Crippen molar-refractivity contribution in [3.8, 4) is 5.75 Å². The van der Waals surface area contributed by atoms with Gasteiger partial charge in [-0.2, -0.15) is 0 Å². The molecule has 1 N–H and O–H groups in total. The van der Waals surface area contributed by atoms with Gasteiger partial charge in [0.05, 0.1) is 18.7 Å². The number of hydrogen-bond donors (Lipinski definition) is 1. The van der Waals surface area contributed by atoms with Gasteiger partial charge in [0.2, 0.25) is 0 Å². The summed E-state index contributed by atoms with van der Waals surface area (Å²) in [4.78, 5) is 10.9. The van der Waals surface area contributed by atoms with Crippen molar-refractivity contribution in [2.24, 2.45) is 0 Å². The predicted molar refractivity (Wildman–Crippen MR) is 70.4 cm³/mol. The normalized spacial score (nSPS) is 9.82. The van der Waals surface area contributed by atoms with Gasteiger partial charge < -0.3 is 14.8 Å². The van der Waals surface area contributed by atoms with Crippen molar-refractivity contribution in [3.63, 3.8) is 0 Å². The van der Waals surface area contributed by atoms with E-state index in [-0.39, 0.29) is 5.97 Å². The number of methoxy groups -OCH3 is 2. The van der Waals surface area contributed by atoms with Crippen molar-refractivity contribution >= 4 is 27.6 Å². The van der Waals surface area contributed by atoms with E-state index >= 15 is 0 Å². The molecule has 5 heteroatoms. The fraction of sp³-hybridized carbons (Fsp3) is 0.417. The SMILES string of the molecule is COC(=O)CCCNc1ccc(OC)c(Br)c1. The molecule has 0 aliphatic heterocycles. The van der Waals surface area contributed by atoms with E-state index in [1.54, 1.807) is 7.11 Å². The highest BCUT2D eigenvalue weighted by Gasteiger charge is 2.02. The molecule has 0 amide bonds. The Kier molecular flexibility index (Phi) is 5.83. The molecule has 0 spiro atoms. The molecule has 0 atom stereocenters. The van der Waals surface area contributed by atoms with Crippen LogP contribution in [0.4, 0.5) is 5.69 Å². The molecule has 0 unspecified atom stereocenters. The van der Waals surface area contributed by atoms with Crippen molar-refractivity contribution in [2.45, 2.75) is 12.8 Å². The van der Waals surface area contributed by atoms with Gasteiger partial charge in [0.25, 0.3) is 0 Å². The van der Waals surface area contributed by atoms with Crippen LogP contribution in [0.3, 0.4) is 0 Å². The molecule has 0 heterocycles. The Labute approximate surface area is 109 Å². The predicted octanol–water partition coefficient (Wildman–Crippen LogP) is 2.82. The molecule has 4 nitrogen and oxygen atoms in total. The minimum atomic E-state index is -0.178. The second-order valence-corrected chi connectivity index (χ2v) is 4.31. The third kappa shape index (κ3) is 4.65. The molecule has 0 aromatic heterocycles. The molecule has 17 heavy (non-hydrogen) atoms. The molecule has 0 fully saturated rings. The molecule has 1 aromatic carbocycles. The Bertz CT molecular complexity index is 382. The van der Waals surface area contributed by atoms with Gasteiger partial charge in [-0.05, 0) is 40.5 Å². The number of carbonyl (C=O) groups excluding carboxylic acids is 1. The molecule has 0 saturated heterocycles. The summed E-state index contributed by atoms with van der Waals surface area (Å²) in [7, 11) is 3.03. The van der Waals surface area contributed by atoms with Gasteiger partial charge in [-0.25, -0.2) is 0 Å². The van der Waals surface area contributed by atoms with Crippen LogP contribution in [0.1, 0.15) is 12.8 Å². The number of carbonyl (C=O) groups is 1. The molecule has 1 aromatic rings. The second kappa shape index (κ2) is 7.17. The number of anilines is 1. The van der Waals surface area contributed by atoms with E-state index in [1.165, 1.54) is 7.11 Å². The van der Waals surface area contributed by atoms with Crippen LogP contribution in [-0.2, 0) is 9.53 Å². The number of ether oxygens (including phenoxy) is 2. The van der Waals surface area contributed by atoms with Crippen molar-refractivity contribution in [1.82, 2.24) is 0 Å². The van der Waals surface area contributed by atoms with Crippen LogP contribution in [0.2, 0.25) is 0 Å². The van der Waals surface area contributed by atoms with Gasteiger partial charge in [-0.3, -0.25) is 4.79 Å². The van der Waals surface area contributed by atoms with E-state index in [9.17, 15) is 4.79 Å². The number of esters is 1. The molecular formula is C12H16BrNO3. The monoisotopic (exact) mass is 301 g/mol. The molecule has 0 aliphatic rings. The maximum atomic E-state index is 10.9. The summed E-state index contributed by atoms with van der Waals surface area (Å²) in [5.74, 6) is 0.618. The Balaban J connectivity index is 2.37.